The smallest absolute Gasteiger partial charge is 0.323 e. The summed E-state index contributed by atoms with van der Waals surface area (Å²) in [5, 5.41) is 0. The molecule has 0 aromatic heterocycles. The van der Waals surface area contributed by atoms with Crippen LogP contribution >= 0.6 is 7.60 Å². The van der Waals surface area contributed by atoms with E-state index in [2.05, 4.69) is 0 Å². The van der Waals surface area contributed by atoms with Crippen LogP contribution in [0.5, 0.6) is 0 Å². The molecule has 2 rings (SSSR count). The van der Waals surface area contributed by atoms with Crippen molar-refractivity contribution in [2.45, 2.75) is 26.1 Å². The van der Waals surface area contributed by atoms with E-state index in [1.54, 1.807) is 26.0 Å². The Morgan fingerprint density at radius 1 is 1.10 bits per heavy atom. The Bertz CT molecular complexity index is 572. The minimum absolute atomic E-state index is 0.0584. The number of hydrogen-bond acceptors (Lipinski definition) is 3. The topological polar surface area (TPSA) is 94.9 Å². The summed E-state index contributed by atoms with van der Waals surface area (Å²) in [5.74, 6) is -2.74. The lowest BCUT2D eigenvalue weighted by Crippen LogP contribution is -2.40. The summed E-state index contributed by atoms with van der Waals surface area (Å²) in [7, 11) is -4.60. The predicted molar refractivity (Wildman–Crippen MR) is 72.2 cm³/mol. The Balaban J connectivity index is 2.45. The zero-order chi connectivity index (χ0) is 15.1. The highest BCUT2D eigenvalue weighted by Gasteiger charge is 2.46. The van der Waals surface area contributed by atoms with Gasteiger partial charge < -0.3 is 9.79 Å². The van der Waals surface area contributed by atoms with Crippen molar-refractivity contribution in [1.82, 2.24) is 4.90 Å². The fourth-order valence-corrected chi connectivity index (χ4v) is 3.50. The number of carbonyl (C=O) groups excluding carboxylic acids is 2. The van der Waals surface area contributed by atoms with Gasteiger partial charge in [0.1, 0.15) is 5.78 Å². The first-order valence-corrected chi connectivity index (χ1v) is 7.93. The van der Waals surface area contributed by atoms with E-state index in [9.17, 15) is 23.9 Å². The van der Waals surface area contributed by atoms with Crippen molar-refractivity contribution in [2.75, 3.05) is 0 Å². The van der Waals surface area contributed by atoms with E-state index in [1.165, 1.54) is 12.1 Å². The molecule has 0 saturated heterocycles. The zero-order valence-corrected chi connectivity index (χ0v) is 12.1. The lowest BCUT2D eigenvalue weighted by Gasteiger charge is -2.28. The van der Waals surface area contributed by atoms with Gasteiger partial charge in [0, 0.05) is 0 Å². The molecule has 0 aliphatic carbocycles. The number of fused-ring (bicyclic) bond motifs is 1. The van der Waals surface area contributed by atoms with Gasteiger partial charge in [-0.2, -0.15) is 0 Å². The normalized spacial score (nSPS) is 16.8. The van der Waals surface area contributed by atoms with Crippen molar-refractivity contribution in [3.05, 3.63) is 35.4 Å². The van der Waals surface area contributed by atoms with Gasteiger partial charge in [-0.05, 0) is 24.5 Å². The molecule has 0 spiro atoms. The molecule has 108 valence electrons. The van der Waals surface area contributed by atoms with Crippen molar-refractivity contribution >= 4 is 19.4 Å². The number of hydrogen-bond donors (Lipinski definition) is 2. The third kappa shape index (κ3) is 2.54. The molecule has 7 heteroatoms. The van der Waals surface area contributed by atoms with E-state index in [-0.39, 0.29) is 23.5 Å². The van der Waals surface area contributed by atoms with E-state index in [0.717, 1.165) is 0 Å². The van der Waals surface area contributed by atoms with Crippen LogP contribution in [0, 0.1) is 5.92 Å². The second-order valence-electron chi connectivity index (χ2n) is 5.23. The maximum Gasteiger partial charge on any atom is 0.348 e. The van der Waals surface area contributed by atoms with Crippen molar-refractivity contribution in [2.24, 2.45) is 5.92 Å². The summed E-state index contributed by atoms with van der Waals surface area (Å²) in [6, 6.07) is 6.20. The van der Waals surface area contributed by atoms with Gasteiger partial charge in [0.15, 0.2) is 0 Å². The Morgan fingerprint density at radius 3 is 1.90 bits per heavy atom. The number of benzene rings is 1. The molecule has 1 aliphatic rings. The Morgan fingerprint density at radius 2 is 1.55 bits per heavy atom. The minimum Gasteiger partial charge on any atom is -0.323 e. The maximum absolute atomic E-state index is 12.2. The van der Waals surface area contributed by atoms with E-state index in [1.807, 2.05) is 0 Å². The molecule has 0 fully saturated rings. The molecule has 1 aromatic rings. The molecule has 0 radical (unpaired) electrons. The second-order valence-corrected chi connectivity index (χ2v) is 7.00. The summed E-state index contributed by atoms with van der Waals surface area (Å²) < 4.78 is 11.6. The molecule has 1 unspecified atom stereocenters. The van der Waals surface area contributed by atoms with Crippen molar-refractivity contribution < 1.29 is 23.9 Å². The van der Waals surface area contributed by atoms with E-state index in [0.29, 0.717) is 4.90 Å². The van der Waals surface area contributed by atoms with Gasteiger partial charge in [0.25, 0.3) is 11.8 Å². The molecule has 2 amide bonds. The van der Waals surface area contributed by atoms with E-state index >= 15 is 0 Å². The van der Waals surface area contributed by atoms with Crippen LogP contribution in [-0.2, 0) is 4.57 Å². The lowest BCUT2D eigenvalue weighted by molar-refractivity contribution is 0.0600. The Kier molecular flexibility index (Phi) is 3.82. The first-order valence-electron chi connectivity index (χ1n) is 6.25. The highest BCUT2D eigenvalue weighted by atomic mass is 31.2. The van der Waals surface area contributed by atoms with Gasteiger partial charge in [0.05, 0.1) is 11.1 Å². The summed E-state index contributed by atoms with van der Waals surface area (Å²) in [4.78, 5) is 44.1. The Labute approximate surface area is 116 Å². The highest BCUT2D eigenvalue weighted by Crippen LogP contribution is 2.48. The summed E-state index contributed by atoms with van der Waals surface area (Å²) in [5.41, 5.74) is 0.388. The van der Waals surface area contributed by atoms with E-state index in [4.69, 9.17) is 0 Å². The first-order chi connectivity index (χ1) is 9.23. The van der Waals surface area contributed by atoms with Gasteiger partial charge in [0.2, 0.25) is 0 Å². The summed E-state index contributed by atoms with van der Waals surface area (Å²) in [6.07, 6.45) is 0.0652. The number of carbonyl (C=O) groups is 2. The monoisotopic (exact) mass is 297 g/mol. The van der Waals surface area contributed by atoms with Crippen LogP contribution in [0.4, 0.5) is 0 Å². The third-order valence-corrected chi connectivity index (χ3v) is 4.41. The molecule has 0 saturated carbocycles. The molecule has 6 nitrogen and oxygen atoms in total. The molecule has 1 heterocycles. The molecule has 1 atom stereocenters. The summed E-state index contributed by atoms with van der Waals surface area (Å²) >= 11 is 0. The SMILES string of the molecule is CC(C)CC(N1C(=O)c2ccccc2C1=O)P(=O)(O)O. The highest BCUT2D eigenvalue weighted by molar-refractivity contribution is 7.52. The Hall–Kier alpha value is -1.49. The van der Waals surface area contributed by atoms with Gasteiger partial charge in [-0.3, -0.25) is 19.1 Å². The van der Waals surface area contributed by atoms with Crippen LogP contribution in [0.15, 0.2) is 24.3 Å². The zero-order valence-electron chi connectivity index (χ0n) is 11.2. The standard InChI is InChI=1S/C13H16NO5P/c1-8(2)7-11(20(17,18)19)14-12(15)9-5-3-4-6-10(9)13(14)16/h3-6,8,11H,7H2,1-2H3,(H2,17,18,19). The van der Waals surface area contributed by atoms with Crippen LogP contribution in [0.25, 0.3) is 0 Å². The van der Waals surface area contributed by atoms with Crippen molar-refractivity contribution in [3.63, 3.8) is 0 Å². The first kappa shape index (κ1) is 14.9. The molecule has 0 bridgehead atoms. The quantitative estimate of drug-likeness (QED) is 0.653. The van der Waals surface area contributed by atoms with Gasteiger partial charge >= 0.3 is 7.60 Å². The molecule has 20 heavy (non-hydrogen) atoms. The van der Waals surface area contributed by atoms with Crippen LogP contribution in [0.3, 0.4) is 0 Å². The van der Waals surface area contributed by atoms with Gasteiger partial charge in [-0.15, -0.1) is 0 Å². The van der Waals surface area contributed by atoms with Crippen molar-refractivity contribution in [1.29, 1.82) is 0 Å². The van der Waals surface area contributed by atoms with E-state index < -0.39 is 25.2 Å². The molecule has 1 aliphatic heterocycles. The number of amides is 2. The fraction of sp³-hybridized carbons (Fsp3) is 0.385. The molecule has 1 aromatic carbocycles. The molecular formula is C13H16NO5P. The number of imide groups is 1. The maximum atomic E-state index is 12.2. The molecular weight excluding hydrogens is 281 g/mol. The lowest BCUT2D eigenvalue weighted by atomic mass is 10.1. The van der Waals surface area contributed by atoms with Gasteiger partial charge in [-0.1, -0.05) is 26.0 Å². The van der Waals surface area contributed by atoms with Crippen molar-refractivity contribution in [3.8, 4) is 0 Å². The van der Waals surface area contributed by atoms with Crippen LogP contribution in [-0.4, -0.2) is 32.3 Å². The van der Waals surface area contributed by atoms with Crippen LogP contribution in [0.1, 0.15) is 41.0 Å². The van der Waals surface area contributed by atoms with Crippen LogP contribution in [0.2, 0.25) is 0 Å². The van der Waals surface area contributed by atoms with Crippen LogP contribution < -0.4 is 0 Å². The largest absolute Gasteiger partial charge is 0.348 e. The average Bonchev–Trinajstić information content (AvgIpc) is 2.59. The average molecular weight is 297 g/mol. The second kappa shape index (κ2) is 5.13. The summed E-state index contributed by atoms with van der Waals surface area (Å²) in [6.45, 7) is 3.56. The number of rotatable bonds is 4. The molecule has 2 N–H and O–H groups in total. The third-order valence-electron chi connectivity index (χ3n) is 3.19. The van der Waals surface area contributed by atoms with Gasteiger partial charge in [-0.25, -0.2) is 0 Å². The minimum atomic E-state index is -4.60. The predicted octanol–water partition coefficient (Wildman–Crippen LogP) is 1.83. The fourth-order valence-electron chi connectivity index (χ4n) is 2.29. The number of nitrogens with zero attached hydrogens (tertiary/aromatic N) is 1.